The van der Waals surface area contributed by atoms with Crippen molar-refractivity contribution in [1.82, 2.24) is 5.32 Å². The maximum absolute atomic E-state index is 13.0. The van der Waals surface area contributed by atoms with E-state index < -0.39 is 6.04 Å². The zero-order chi connectivity index (χ0) is 16.8. The van der Waals surface area contributed by atoms with Crippen molar-refractivity contribution in [2.75, 3.05) is 7.11 Å². The number of nitrogens with one attached hydrogen (secondary N) is 1. The normalized spacial score (nSPS) is 13.2. The summed E-state index contributed by atoms with van der Waals surface area (Å²) in [4.78, 5) is 12.0. The van der Waals surface area contributed by atoms with E-state index in [4.69, 9.17) is 10.5 Å². The molecule has 0 aliphatic rings. The quantitative estimate of drug-likeness (QED) is 0.861. The fraction of sp³-hybridized carbons (Fsp3) is 0.278. The zero-order valence-electron chi connectivity index (χ0n) is 13.3. The molecule has 0 bridgehead atoms. The van der Waals surface area contributed by atoms with Crippen LogP contribution in [0.3, 0.4) is 0 Å². The molecule has 0 spiro atoms. The Hall–Kier alpha value is -2.40. The van der Waals surface area contributed by atoms with Crippen molar-refractivity contribution in [3.63, 3.8) is 0 Å². The summed E-state index contributed by atoms with van der Waals surface area (Å²) in [7, 11) is 1.60. The van der Waals surface area contributed by atoms with Crippen molar-refractivity contribution < 1.29 is 13.9 Å². The molecule has 0 saturated carbocycles. The molecule has 2 aromatic carbocycles. The number of halogens is 1. The third-order valence-electron chi connectivity index (χ3n) is 3.60. The van der Waals surface area contributed by atoms with E-state index in [-0.39, 0.29) is 17.8 Å². The van der Waals surface area contributed by atoms with E-state index in [1.165, 1.54) is 12.1 Å². The lowest BCUT2D eigenvalue weighted by molar-refractivity contribution is -0.122. The Morgan fingerprint density at radius 3 is 2.30 bits per heavy atom. The fourth-order valence-corrected chi connectivity index (χ4v) is 2.25. The largest absolute Gasteiger partial charge is 0.497 e. The number of nitrogens with two attached hydrogens (primary N) is 1. The van der Waals surface area contributed by atoms with Gasteiger partial charge in [-0.1, -0.05) is 24.3 Å². The van der Waals surface area contributed by atoms with Crippen LogP contribution in [0.4, 0.5) is 4.39 Å². The standard InChI is InChI=1S/C18H21FN2O2/c1-12(20)18(22)21-17(11-13-3-7-15(19)8-4-13)14-5-9-16(23-2)10-6-14/h3-10,12,17H,11,20H2,1-2H3,(H,21,22)/t12-,17?/m1/s1. The predicted molar refractivity (Wildman–Crippen MR) is 87.6 cm³/mol. The highest BCUT2D eigenvalue weighted by atomic mass is 19.1. The minimum Gasteiger partial charge on any atom is -0.497 e. The predicted octanol–water partition coefficient (Wildman–Crippen LogP) is 2.58. The van der Waals surface area contributed by atoms with Crippen LogP contribution in [0, 0.1) is 5.82 Å². The highest BCUT2D eigenvalue weighted by Gasteiger charge is 2.17. The van der Waals surface area contributed by atoms with Crippen LogP contribution in [0.5, 0.6) is 5.75 Å². The molecule has 122 valence electrons. The van der Waals surface area contributed by atoms with Gasteiger partial charge in [0.25, 0.3) is 0 Å². The molecule has 1 amide bonds. The highest BCUT2D eigenvalue weighted by molar-refractivity contribution is 5.81. The van der Waals surface area contributed by atoms with Gasteiger partial charge < -0.3 is 15.8 Å². The molecule has 0 radical (unpaired) electrons. The monoisotopic (exact) mass is 316 g/mol. The van der Waals surface area contributed by atoms with E-state index in [2.05, 4.69) is 5.32 Å². The van der Waals surface area contributed by atoms with Crippen molar-refractivity contribution in [3.8, 4) is 5.75 Å². The van der Waals surface area contributed by atoms with E-state index in [9.17, 15) is 9.18 Å². The van der Waals surface area contributed by atoms with Gasteiger partial charge in [-0.15, -0.1) is 0 Å². The maximum Gasteiger partial charge on any atom is 0.237 e. The lowest BCUT2D eigenvalue weighted by atomic mass is 9.98. The van der Waals surface area contributed by atoms with E-state index in [1.807, 2.05) is 24.3 Å². The van der Waals surface area contributed by atoms with Gasteiger partial charge >= 0.3 is 0 Å². The van der Waals surface area contributed by atoms with Crippen molar-refractivity contribution >= 4 is 5.91 Å². The first kappa shape index (κ1) is 17.0. The van der Waals surface area contributed by atoms with Gasteiger partial charge in [-0.25, -0.2) is 4.39 Å². The van der Waals surface area contributed by atoms with Crippen molar-refractivity contribution in [3.05, 3.63) is 65.5 Å². The van der Waals surface area contributed by atoms with Gasteiger partial charge in [-0.05, 0) is 48.7 Å². The number of rotatable bonds is 6. The summed E-state index contributed by atoms with van der Waals surface area (Å²) in [6.07, 6.45) is 0.547. The SMILES string of the molecule is COc1ccc(C(Cc2ccc(F)cc2)NC(=O)[C@@H](C)N)cc1. The topological polar surface area (TPSA) is 64.3 Å². The van der Waals surface area contributed by atoms with Gasteiger partial charge in [0.05, 0.1) is 19.2 Å². The molecule has 0 heterocycles. The summed E-state index contributed by atoms with van der Waals surface area (Å²) in [5, 5.41) is 2.93. The molecule has 0 fully saturated rings. The summed E-state index contributed by atoms with van der Waals surface area (Å²) in [6, 6.07) is 12.9. The Bertz CT molecular complexity index is 639. The van der Waals surface area contributed by atoms with Crippen LogP contribution in [0.1, 0.15) is 24.1 Å². The Balaban J connectivity index is 2.22. The van der Waals surface area contributed by atoms with E-state index >= 15 is 0 Å². The third kappa shape index (κ3) is 4.79. The summed E-state index contributed by atoms with van der Waals surface area (Å²) < 4.78 is 18.2. The Labute approximate surface area is 135 Å². The zero-order valence-corrected chi connectivity index (χ0v) is 13.3. The second kappa shape index (κ2) is 7.74. The molecule has 5 heteroatoms. The Morgan fingerprint density at radius 2 is 1.78 bits per heavy atom. The minimum absolute atomic E-state index is 0.229. The number of methoxy groups -OCH3 is 1. The average Bonchev–Trinajstić information content (AvgIpc) is 2.56. The number of hydrogen-bond donors (Lipinski definition) is 2. The highest BCUT2D eigenvalue weighted by Crippen LogP contribution is 2.21. The summed E-state index contributed by atoms with van der Waals surface area (Å²) >= 11 is 0. The molecule has 1 unspecified atom stereocenters. The van der Waals surface area contributed by atoms with Gasteiger partial charge in [-0.3, -0.25) is 4.79 Å². The second-order valence-electron chi connectivity index (χ2n) is 5.45. The van der Waals surface area contributed by atoms with E-state index in [0.29, 0.717) is 6.42 Å². The van der Waals surface area contributed by atoms with Crippen LogP contribution in [0.15, 0.2) is 48.5 Å². The fourth-order valence-electron chi connectivity index (χ4n) is 2.25. The lowest BCUT2D eigenvalue weighted by Gasteiger charge is -2.21. The van der Waals surface area contributed by atoms with Gasteiger partial charge in [0.1, 0.15) is 11.6 Å². The molecule has 0 aliphatic heterocycles. The van der Waals surface area contributed by atoms with E-state index in [0.717, 1.165) is 16.9 Å². The third-order valence-corrected chi connectivity index (χ3v) is 3.60. The van der Waals surface area contributed by atoms with Crippen LogP contribution >= 0.6 is 0 Å². The molecule has 0 saturated heterocycles. The van der Waals surface area contributed by atoms with E-state index in [1.54, 1.807) is 26.2 Å². The van der Waals surface area contributed by atoms with Crippen LogP contribution in [-0.4, -0.2) is 19.1 Å². The van der Waals surface area contributed by atoms with Gasteiger partial charge in [0, 0.05) is 0 Å². The number of carbonyl (C=O) groups excluding carboxylic acids is 1. The summed E-state index contributed by atoms with van der Waals surface area (Å²) in [5.74, 6) is 0.232. The van der Waals surface area contributed by atoms with Gasteiger partial charge in [0.15, 0.2) is 0 Å². The van der Waals surface area contributed by atoms with Crippen LogP contribution in [0.2, 0.25) is 0 Å². The smallest absolute Gasteiger partial charge is 0.237 e. The van der Waals surface area contributed by atoms with Crippen LogP contribution < -0.4 is 15.8 Å². The minimum atomic E-state index is -0.594. The molecular weight excluding hydrogens is 295 g/mol. The molecular formula is C18H21FN2O2. The average molecular weight is 316 g/mol. The number of carbonyl (C=O) groups is 1. The molecule has 4 nitrogen and oxygen atoms in total. The molecule has 2 atom stereocenters. The molecule has 2 rings (SSSR count). The summed E-state index contributed by atoms with van der Waals surface area (Å²) in [6.45, 7) is 1.64. The summed E-state index contributed by atoms with van der Waals surface area (Å²) in [5.41, 5.74) is 7.50. The first-order valence-corrected chi connectivity index (χ1v) is 7.44. The molecule has 2 aromatic rings. The van der Waals surface area contributed by atoms with Gasteiger partial charge in [0.2, 0.25) is 5.91 Å². The maximum atomic E-state index is 13.0. The van der Waals surface area contributed by atoms with Crippen molar-refractivity contribution in [2.24, 2.45) is 5.73 Å². The number of ether oxygens (including phenoxy) is 1. The molecule has 3 N–H and O–H groups in total. The Morgan fingerprint density at radius 1 is 1.17 bits per heavy atom. The van der Waals surface area contributed by atoms with Crippen LogP contribution in [0.25, 0.3) is 0 Å². The van der Waals surface area contributed by atoms with Crippen LogP contribution in [-0.2, 0) is 11.2 Å². The molecule has 23 heavy (non-hydrogen) atoms. The first-order chi connectivity index (χ1) is 11.0. The lowest BCUT2D eigenvalue weighted by Crippen LogP contribution is -2.40. The number of benzene rings is 2. The van der Waals surface area contributed by atoms with Crippen molar-refractivity contribution in [1.29, 1.82) is 0 Å². The van der Waals surface area contributed by atoms with Crippen molar-refractivity contribution in [2.45, 2.75) is 25.4 Å². The van der Waals surface area contributed by atoms with Gasteiger partial charge in [-0.2, -0.15) is 0 Å². The molecule has 0 aromatic heterocycles. The first-order valence-electron chi connectivity index (χ1n) is 7.44. The second-order valence-corrected chi connectivity index (χ2v) is 5.45. The molecule has 0 aliphatic carbocycles. The Kier molecular flexibility index (Phi) is 5.71. The number of hydrogen-bond acceptors (Lipinski definition) is 3. The number of amides is 1.